The molecule has 0 aliphatic heterocycles. The van der Waals surface area contributed by atoms with Crippen LogP contribution < -0.4 is 16.0 Å². The standard InChI is InChI=1S/C35H30N4O3S2/c1-23-22-43-35(36-23)39-32(40)24(2)44-30-15-9-14-29(21-30)37-34(42)31(38-33(41)28-12-7-4-8-13-28)20-25-16-18-27(19-17-25)26-10-5-3-6-11-26/h3-22,24H,1-2H3,(H,37,42)(H,38,41)(H,36,39,40)/b31-20+. The van der Waals surface area contributed by atoms with Crippen molar-refractivity contribution < 1.29 is 14.4 Å². The Morgan fingerprint density at radius 1 is 0.818 bits per heavy atom. The Morgan fingerprint density at radius 2 is 1.50 bits per heavy atom. The van der Waals surface area contributed by atoms with Crippen LogP contribution in [0.1, 0.15) is 28.5 Å². The summed E-state index contributed by atoms with van der Waals surface area (Å²) in [5.41, 5.74) is 4.79. The molecular weight excluding hydrogens is 589 g/mol. The number of benzene rings is 4. The van der Waals surface area contributed by atoms with Crippen molar-refractivity contribution in [3.8, 4) is 11.1 Å². The summed E-state index contributed by atoms with van der Waals surface area (Å²) >= 11 is 2.75. The Hall–Kier alpha value is -4.99. The highest BCUT2D eigenvalue weighted by Crippen LogP contribution is 2.27. The number of carbonyl (C=O) groups is 3. The number of amides is 3. The topological polar surface area (TPSA) is 100 Å². The fourth-order valence-electron chi connectivity index (χ4n) is 4.23. The summed E-state index contributed by atoms with van der Waals surface area (Å²) in [7, 11) is 0. The van der Waals surface area contributed by atoms with Gasteiger partial charge in [0.05, 0.1) is 10.9 Å². The Bertz CT molecular complexity index is 1790. The summed E-state index contributed by atoms with van der Waals surface area (Å²) in [5.74, 6) is -1.04. The summed E-state index contributed by atoms with van der Waals surface area (Å²) in [6.07, 6.45) is 1.65. The molecule has 3 amide bonds. The Kier molecular flexibility index (Phi) is 10.0. The van der Waals surface area contributed by atoms with Gasteiger partial charge in [0.25, 0.3) is 11.8 Å². The zero-order valence-electron chi connectivity index (χ0n) is 24.1. The van der Waals surface area contributed by atoms with Crippen LogP contribution in [-0.4, -0.2) is 28.0 Å². The fourth-order valence-corrected chi connectivity index (χ4v) is 5.85. The first-order valence-electron chi connectivity index (χ1n) is 13.9. The van der Waals surface area contributed by atoms with E-state index in [9.17, 15) is 14.4 Å². The number of thioether (sulfide) groups is 1. The fraction of sp³-hybridized carbons (Fsp3) is 0.0857. The van der Waals surface area contributed by atoms with E-state index in [1.807, 2.05) is 86.0 Å². The van der Waals surface area contributed by atoms with Gasteiger partial charge in [-0.3, -0.25) is 14.4 Å². The summed E-state index contributed by atoms with van der Waals surface area (Å²) in [5, 5.41) is 10.6. The van der Waals surface area contributed by atoms with E-state index in [1.54, 1.807) is 48.5 Å². The number of aromatic nitrogens is 1. The van der Waals surface area contributed by atoms with Crippen molar-refractivity contribution in [3.63, 3.8) is 0 Å². The molecule has 3 N–H and O–H groups in total. The smallest absolute Gasteiger partial charge is 0.272 e. The lowest BCUT2D eigenvalue weighted by Crippen LogP contribution is -2.30. The third kappa shape index (κ3) is 8.31. The number of thiazole rings is 1. The highest BCUT2D eigenvalue weighted by Gasteiger charge is 2.18. The molecule has 0 spiro atoms. The van der Waals surface area contributed by atoms with Gasteiger partial charge < -0.3 is 16.0 Å². The first kappa shape index (κ1) is 30.5. The molecule has 0 saturated carbocycles. The van der Waals surface area contributed by atoms with E-state index < -0.39 is 17.1 Å². The summed E-state index contributed by atoms with van der Waals surface area (Å²) < 4.78 is 0. The van der Waals surface area contributed by atoms with Crippen LogP contribution in [0.2, 0.25) is 0 Å². The minimum atomic E-state index is -0.478. The van der Waals surface area contributed by atoms with Crippen molar-refractivity contribution in [2.45, 2.75) is 24.0 Å². The van der Waals surface area contributed by atoms with Crippen molar-refractivity contribution >= 4 is 57.7 Å². The molecule has 1 heterocycles. The van der Waals surface area contributed by atoms with Gasteiger partial charge in [-0.2, -0.15) is 0 Å². The van der Waals surface area contributed by atoms with Crippen LogP contribution in [0, 0.1) is 6.92 Å². The molecule has 0 radical (unpaired) electrons. The highest BCUT2D eigenvalue weighted by molar-refractivity contribution is 8.00. The van der Waals surface area contributed by atoms with Crippen molar-refractivity contribution in [3.05, 3.63) is 137 Å². The Morgan fingerprint density at radius 3 is 2.18 bits per heavy atom. The number of carbonyl (C=O) groups excluding carboxylic acids is 3. The number of anilines is 2. The number of hydrogen-bond acceptors (Lipinski definition) is 6. The molecule has 9 heteroatoms. The van der Waals surface area contributed by atoms with Crippen LogP contribution in [0.5, 0.6) is 0 Å². The van der Waals surface area contributed by atoms with Crippen molar-refractivity contribution in [2.75, 3.05) is 10.6 Å². The average Bonchev–Trinajstić information content (AvgIpc) is 3.46. The van der Waals surface area contributed by atoms with Gasteiger partial charge in [0, 0.05) is 21.5 Å². The lowest BCUT2D eigenvalue weighted by atomic mass is 10.0. The van der Waals surface area contributed by atoms with E-state index in [4.69, 9.17) is 0 Å². The second kappa shape index (κ2) is 14.5. The van der Waals surface area contributed by atoms with Gasteiger partial charge in [-0.05, 0) is 66.9 Å². The first-order valence-corrected chi connectivity index (χ1v) is 15.6. The quantitative estimate of drug-likeness (QED) is 0.110. The predicted molar refractivity (Wildman–Crippen MR) is 180 cm³/mol. The van der Waals surface area contributed by atoms with Crippen molar-refractivity contribution in [1.29, 1.82) is 0 Å². The molecule has 44 heavy (non-hydrogen) atoms. The van der Waals surface area contributed by atoms with E-state index in [0.717, 1.165) is 27.3 Å². The molecule has 5 rings (SSSR count). The number of rotatable bonds is 10. The first-order chi connectivity index (χ1) is 21.3. The zero-order valence-corrected chi connectivity index (χ0v) is 25.7. The van der Waals surface area contributed by atoms with Crippen LogP contribution in [0.4, 0.5) is 10.8 Å². The molecule has 0 bridgehead atoms. The molecule has 4 aromatic carbocycles. The van der Waals surface area contributed by atoms with E-state index >= 15 is 0 Å². The summed E-state index contributed by atoms with van der Waals surface area (Å²) in [6, 6.07) is 33.7. The van der Waals surface area contributed by atoms with Crippen molar-refractivity contribution in [2.24, 2.45) is 0 Å². The number of nitrogens with one attached hydrogen (secondary N) is 3. The zero-order chi connectivity index (χ0) is 30.9. The maximum Gasteiger partial charge on any atom is 0.272 e. The van der Waals surface area contributed by atoms with Gasteiger partial charge >= 0.3 is 0 Å². The van der Waals surface area contributed by atoms with Gasteiger partial charge in [0.2, 0.25) is 5.91 Å². The summed E-state index contributed by atoms with van der Waals surface area (Å²) in [6.45, 7) is 3.69. The molecule has 5 aromatic rings. The predicted octanol–water partition coefficient (Wildman–Crippen LogP) is 7.65. The van der Waals surface area contributed by atoms with Gasteiger partial charge in [0.15, 0.2) is 5.13 Å². The second-order valence-electron chi connectivity index (χ2n) is 9.89. The highest BCUT2D eigenvalue weighted by atomic mass is 32.2. The van der Waals surface area contributed by atoms with Crippen LogP contribution in [-0.2, 0) is 9.59 Å². The maximum atomic E-state index is 13.5. The molecule has 1 aromatic heterocycles. The molecular formula is C35H30N4O3S2. The van der Waals surface area contributed by atoms with Crippen LogP contribution in [0.3, 0.4) is 0 Å². The lowest BCUT2D eigenvalue weighted by Gasteiger charge is -2.14. The number of nitrogens with zero attached hydrogens (tertiary/aromatic N) is 1. The average molecular weight is 619 g/mol. The number of hydrogen-bond donors (Lipinski definition) is 3. The molecule has 0 aliphatic carbocycles. The maximum absolute atomic E-state index is 13.5. The van der Waals surface area contributed by atoms with Crippen LogP contribution >= 0.6 is 23.1 Å². The third-order valence-electron chi connectivity index (χ3n) is 6.48. The van der Waals surface area contributed by atoms with E-state index in [-0.39, 0.29) is 11.6 Å². The number of aryl methyl sites for hydroxylation is 1. The molecule has 1 atom stereocenters. The summed E-state index contributed by atoms with van der Waals surface area (Å²) in [4.78, 5) is 44.4. The third-order valence-corrected chi connectivity index (χ3v) is 8.45. The van der Waals surface area contributed by atoms with E-state index in [2.05, 4.69) is 20.9 Å². The van der Waals surface area contributed by atoms with E-state index in [1.165, 1.54) is 23.1 Å². The molecule has 7 nitrogen and oxygen atoms in total. The monoisotopic (exact) mass is 618 g/mol. The Labute approximate surface area is 264 Å². The lowest BCUT2D eigenvalue weighted by molar-refractivity contribution is -0.115. The molecule has 1 unspecified atom stereocenters. The minimum Gasteiger partial charge on any atom is -0.321 e. The normalized spacial score (nSPS) is 11.8. The SMILES string of the molecule is Cc1csc(NC(=O)C(C)Sc2cccc(NC(=O)/C(=C\c3ccc(-c4ccccc4)cc3)NC(=O)c3ccccc3)c2)n1. The van der Waals surface area contributed by atoms with E-state index in [0.29, 0.717) is 16.4 Å². The van der Waals surface area contributed by atoms with Gasteiger partial charge in [-0.25, -0.2) is 4.98 Å². The van der Waals surface area contributed by atoms with Gasteiger partial charge in [-0.1, -0.05) is 78.9 Å². The minimum absolute atomic E-state index is 0.0934. The molecule has 0 saturated heterocycles. The van der Waals surface area contributed by atoms with Crippen LogP contribution in [0.25, 0.3) is 17.2 Å². The Balaban J connectivity index is 1.32. The molecule has 0 fully saturated rings. The molecule has 0 aliphatic rings. The molecule has 220 valence electrons. The second-order valence-corrected chi connectivity index (χ2v) is 12.2. The van der Waals surface area contributed by atoms with Crippen LogP contribution in [0.15, 0.2) is 125 Å². The largest absolute Gasteiger partial charge is 0.321 e. The van der Waals surface area contributed by atoms with Crippen molar-refractivity contribution in [1.82, 2.24) is 10.3 Å². The van der Waals surface area contributed by atoms with Gasteiger partial charge in [-0.15, -0.1) is 23.1 Å². The van der Waals surface area contributed by atoms with Gasteiger partial charge in [0.1, 0.15) is 5.70 Å².